The quantitative estimate of drug-likeness (QED) is 0.911. The Morgan fingerprint density at radius 3 is 3.00 bits per heavy atom. The molecule has 1 aliphatic rings. The first-order valence-electron chi connectivity index (χ1n) is 7.05. The molecule has 1 unspecified atom stereocenters. The summed E-state index contributed by atoms with van der Waals surface area (Å²) in [5.74, 6) is 0.546. The van der Waals surface area contributed by atoms with E-state index >= 15 is 0 Å². The SMILES string of the molecule is CNC1CCc2c(OCc3cc(Cl)ccc3F)cccc21. The van der Waals surface area contributed by atoms with Crippen LogP contribution in [0.4, 0.5) is 4.39 Å². The van der Waals surface area contributed by atoms with E-state index < -0.39 is 0 Å². The highest BCUT2D eigenvalue weighted by Gasteiger charge is 2.23. The molecule has 0 amide bonds. The maximum absolute atomic E-state index is 13.7. The van der Waals surface area contributed by atoms with E-state index in [0.717, 1.165) is 18.6 Å². The molecule has 0 aromatic heterocycles. The third-order valence-electron chi connectivity index (χ3n) is 3.97. The van der Waals surface area contributed by atoms with Crippen LogP contribution in [0.3, 0.4) is 0 Å². The van der Waals surface area contributed by atoms with E-state index in [0.29, 0.717) is 16.6 Å². The summed E-state index contributed by atoms with van der Waals surface area (Å²) >= 11 is 5.90. The minimum absolute atomic E-state index is 0.188. The average Bonchev–Trinajstić information content (AvgIpc) is 2.92. The monoisotopic (exact) mass is 305 g/mol. The zero-order valence-electron chi connectivity index (χ0n) is 11.8. The van der Waals surface area contributed by atoms with Crippen molar-refractivity contribution in [1.82, 2.24) is 5.32 Å². The average molecular weight is 306 g/mol. The van der Waals surface area contributed by atoms with Crippen molar-refractivity contribution < 1.29 is 9.13 Å². The standard InChI is InChI=1S/C17H17ClFNO/c1-20-16-8-6-14-13(16)3-2-4-17(14)21-10-11-9-12(18)5-7-15(11)19/h2-5,7,9,16,20H,6,8,10H2,1H3. The van der Waals surface area contributed by atoms with Crippen molar-refractivity contribution in [3.05, 3.63) is 63.9 Å². The molecule has 2 aromatic rings. The molecule has 21 heavy (non-hydrogen) atoms. The van der Waals surface area contributed by atoms with Gasteiger partial charge in [0.25, 0.3) is 0 Å². The van der Waals surface area contributed by atoms with Crippen molar-refractivity contribution in [1.29, 1.82) is 0 Å². The first-order chi connectivity index (χ1) is 10.2. The van der Waals surface area contributed by atoms with Crippen LogP contribution in [-0.4, -0.2) is 7.05 Å². The Labute approximate surface area is 128 Å². The smallest absolute Gasteiger partial charge is 0.129 e. The van der Waals surface area contributed by atoms with Gasteiger partial charge in [-0.1, -0.05) is 23.7 Å². The van der Waals surface area contributed by atoms with Gasteiger partial charge in [0.15, 0.2) is 0 Å². The van der Waals surface area contributed by atoms with E-state index in [1.807, 2.05) is 19.2 Å². The number of benzene rings is 2. The first kappa shape index (κ1) is 14.4. The largest absolute Gasteiger partial charge is 0.489 e. The number of halogens is 2. The number of hydrogen-bond donors (Lipinski definition) is 1. The van der Waals surface area contributed by atoms with Crippen LogP contribution >= 0.6 is 11.6 Å². The summed E-state index contributed by atoms with van der Waals surface area (Å²) in [5.41, 5.74) is 2.98. The molecule has 1 N–H and O–H groups in total. The predicted octanol–water partition coefficient (Wildman–Crippen LogP) is 4.26. The molecule has 2 aromatic carbocycles. The third kappa shape index (κ3) is 2.89. The summed E-state index contributed by atoms with van der Waals surface area (Å²) in [4.78, 5) is 0. The maximum atomic E-state index is 13.7. The van der Waals surface area contributed by atoms with Gasteiger partial charge in [-0.3, -0.25) is 0 Å². The van der Waals surface area contributed by atoms with Gasteiger partial charge in [-0.15, -0.1) is 0 Å². The van der Waals surface area contributed by atoms with Crippen LogP contribution in [0, 0.1) is 5.82 Å². The lowest BCUT2D eigenvalue weighted by Crippen LogP contribution is -2.12. The molecule has 0 heterocycles. The van der Waals surface area contributed by atoms with Crippen LogP contribution in [0.25, 0.3) is 0 Å². The molecule has 0 radical (unpaired) electrons. The van der Waals surface area contributed by atoms with E-state index in [4.69, 9.17) is 16.3 Å². The zero-order chi connectivity index (χ0) is 14.8. The molecule has 0 aliphatic heterocycles. The molecule has 4 heteroatoms. The Bertz CT molecular complexity index is 659. The van der Waals surface area contributed by atoms with Gasteiger partial charge in [-0.05, 0) is 55.3 Å². The van der Waals surface area contributed by atoms with Crippen LogP contribution in [-0.2, 0) is 13.0 Å². The van der Waals surface area contributed by atoms with Gasteiger partial charge in [0.2, 0.25) is 0 Å². The summed E-state index contributed by atoms with van der Waals surface area (Å²) < 4.78 is 19.6. The molecule has 3 rings (SSSR count). The molecule has 0 saturated heterocycles. The van der Waals surface area contributed by atoms with E-state index in [9.17, 15) is 4.39 Å². The Balaban J connectivity index is 1.80. The summed E-state index contributed by atoms with van der Waals surface area (Å²) in [7, 11) is 1.97. The number of nitrogens with one attached hydrogen (secondary N) is 1. The minimum Gasteiger partial charge on any atom is -0.489 e. The lowest BCUT2D eigenvalue weighted by Gasteiger charge is -2.13. The van der Waals surface area contributed by atoms with Gasteiger partial charge < -0.3 is 10.1 Å². The van der Waals surface area contributed by atoms with Crippen molar-refractivity contribution in [3.8, 4) is 5.75 Å². The molecule has 0 spiro atoms. The second kappa shape index (κ2) is 6.04. The van der Waals surface area contributed by atoms with Gasteiger partial charge in [0.05, 0.1) is 0 Å². The highest BCUT2D eigenvalue weighted by molar-refractivity contribution is 6.30. The molecular formula is C17H17ClFNO. The molecule has 0 bridgehead atoms. The zero-order valence-corrected chi connectivity index (χ0v) is 12.6. The number of fused-ring (bicyclic) bond motifs is 1. The lowest BCUT2D eigenvalue weighted by molar-refractivity contribution is 0.297. The number of hydrogen-bond acceptors (Lipinski definition) is 2. The minimum atomic E-state index is -0.292. The van der Waals surface area contributed by atoms with Gasteiger partial charge in [-0.2, -0.15) is 0 Å². The van der Waals surface area contributed by atoms with Crippen LogP contribution < -0.4 is 10.1 Å². The van der Waals surface area contributed by atoms with Crippen molar-refractivity contribution in [2.24, 2.45) is 0 Å². The molecule has 110 valence electrons. The molecule has 1 aliphatic carbocycles. The Kier molecular flexibility index (Phi) is 4.13. The van der Waals surface area contributed by atoms with Crippen molar-refractivity contribution in [2.45, 2.75) is 25.5 Å². The van der Waals surface area contributed by atoms with E-state index in [1.165, 1.54) is 23.3 Å². The molecule has 2 nitrogen and oxygen atoms in total. The maximum Gasteiger partial charge on any atom is 0.129 e. The Hall–Kier alpha value is -1.58. The highest BCUT2D eigenvalue weighted by atomic mass is 35.5. The topological polar surface area (TPSA) is 21.3 Å². The Morgan fingerprint density at radius 1 is 1.33 bits per heavy atom. The van der Waals surface area contributed by atoms with E-state index in [1.54, 1.807) is 6.07 Å². The molecule has 0 fully saturated rings. The van der Waals surface area contributed by atoms with Gasteiger partial charge in [-0.25, -0.2) is 4.39 Å². The van der Waals surface area contributed by atoms with Crippen LogP contribution in [0.5, 0.6) is 5.75 Å². The first-order valence-corrected chi connectivity index (χ1v) is 7.42. The van der Waals surface area contributed by atoms with Gasteiger partial charge in [0.1, 0.15) is 18.2 Å². The third-order valence-corrected chi connectivity index (χ3v) is 4.20. The lowest BCUT2D eigenvalue weighted by atomic mass is 10.1. The highest BCUT2D eigenvalue weighted by Crippen LogP contribution is 2.37. The van der Waals surface area contributed by atoms with Crippen LogP contribution in [0.15, 0.2) is 36.4 Å². The fourth-order valence-corrected chi connectivity index (χ4v) is 3.06. The van der Waals surface area contributed by atoms with Crippen LogP contribution in [0.2, 0.25) is 5.02 Å². The predicted molar refractivity (Wildman–Crippen MR) is 82.3 cm³/mol. The number of ether oxygens (including phenoxy) is 1. The number of rotatable bonds is 4. The van der Waals surface area contributed by atoms with Crippen molar-refractivity contribution in [3.63, 3.8) is 0 Å². The normalized spacial score (nSPS) is 16.8. The molecular weight excluding hydrogens is 289 g/mol. The summed E-state index contributed by atoms with van der Waals surface area (Å²) in [6.45, 7) is 0.188. The summed E-state index contributed by atoms with van der Waals surface area (Å²) in [6, 6.07) is 10.9. The van der Waals surface area contributed by atoms with Crippen LogP contribution in [0.1, 0.15) is 29.2 Å². The fraction of sp³-hybridized carbons (Fsp3) is 0.294. The van der Waals surface area contributed by atoms with Crippen molar-refractivity contribution >= 4 is 11.6 Å². The second-order valence-electron chi connectivity index (χ2n) is 5.23. The summed E-state index contributed by atoms with van der Waals surface area (Å²) in [5, 5.41) is 3.82. The molecule has 0 saturated carbocycles. The van der Waals surface area contributed by atoms with E-state index in [2.05, 4.69) is 11.4 Å². The molecule has 1 atom stereocenters. The fourth-order valence-electron chi connectivity index (χ4n) is 2.87. The van der Waals surface area contributed by atoms with E-state index in [-0.39, 0.29) is 12.4 Å². The Morgan fingerprint density at radius 2 is 2.19 bits per heavy atom. The van der Waals surface area contributed by atoms with Crippen molar-refractivity contribution in [2.75, 3.05) is 7.05 Å². The second-order valence-corrected chi connectivity index (χ2v) is 5.66. The van der Waals surface area contributed by atoms with Gasteiger partial charge in [0, 0.05) is 16.6 Å². The summed E-state index contributed by atoms with van der Waals surface area (Å²) in [6.07, 6.45) is 2.05. The van der Waals surface area contributed by atoms with Gasteiger partial charge >= 0.3 is 0 Å².